The lowest BCUT2D eigenvalue weighted by molar-refractivity contribution is -0.192. The van der Waals surface area contributed by atoms with Gasteiger partial charge in [0.15, 0.2) is 6.29 Å². The zero-order valence-corrected chi connectivity index (χ0v) is 12.5. The number of rotatable bonds is 7. The van der Waals surface area contributed by atoms with Crippen LogP contribution in [0.25, 0.3) is 0 Å². The van der Waals surface area contributed by atoms with Crippen LogP contribution in [0.4, 0.5) is 0 Å². The Morgan fingerprint density at radius 1 is 1.20 bits per heavy atom. The van der Waals surface area contributed by atoms with Crippen molar-refractivity contribution >= 4 is 6.29 Å². The highest BCUT2D eigenvalue weighted by atomic mass is 16.7. The monoisotopic (exact) mass is 280 g/mol. The van der Waals surface area contributed by atoms with Crippen molar-refractivity contribution < 1.29 is 14.3 Å². The van der Waals surface area contributed by atoms with Crippen LogP contribution in [0, 0.1) is 5.92 Å². The molecule has 2 fully saturated rings. The Morgan fingerprint density at radius 3 is 2.60 bits per heavy atom. The number of hydrogen-bond donors (Lipinski definition) is 0. The summed E-state index contributed by atoms with van der Waals surface area (Å²) in [6.07, 6.45) is 12.0. The molecular weight excluding hydrogens is 252 g/mol. The van der Waals surface area contributed by atoms with Gasteiger partial charge >= 0.3 is 0 Å². The first kappa shape index (κ1) is 15.7. The molecule has 0 N–H and O–H groups in total. The first-order chi connectivity index (χ1) is 9.81. The Bertz CT molecular complexity index is 301. The fraction of sp³-hybridized carbons (Fsp3) is 0.824. The molecule has 0 aromatic carbocycles. The molecule has 2 aliphatic rings. The first-order valence-electron chi connectivity index (χ1n) is 8.19. The molecule has 114 valence electrons. The second-order valence-corrected chi connectivity index (χ2v) is 6.11. The van der Waals surface area contributed by atoms with Gasteiger partial charge in [0.2, 0.25) is 0 Å². The van der Waals surface area contributed by atoms with Gasteiger partial charge in [-0.15, -0.1) is 0 Å². The summed E-state index contributed by atoms with van der Waals surface area (Å²) in [5.74, 6) is 0.563. The molecule has 20 heavy (non-hydrogen) atoms. The highest BCUT2D eigenvalue weighted by Gasteiger charge is 2.29. The van der Waals surface area contributed by atoms with Gasteiger partial charge in [-0.05, 0) is 50.0 Å². The van der Waals surface area contributed by atoms with Gasteiger partial charge < -0.3 is 14.3 Å². The third-order valence-electron chi connectivity index (χ3n) is 4.50. The molecule has 1 saturated carbocycles. The van der Waals surface area contributed by atoms with E-state index in [0.29, 0.717) is 12.3 Å². The highest BCUT2D eigenvalue weighted by Crippen LogP contribution is 2.33. The van der Waals surface area contributed by atoms with E-state index in [1.807, 2.05) is 0 Å². The topological polar surface area (TPSA) is 35.5 Å². The Hall–Kier alpha value is -0.670. The molecule has 0 aromatic rings. The predicted molar refractivity (Wildman–Crippen MR) is 79.5 cm³/mol. The van der Waals surface area contributed by atoms with Gasteiger partial charge in [-0.2, -0.15) is 0 Å². The van der Waals surface area contributed by atoms with Gasteiger partial charge in [-0.25, -0.2) is 0 Å². The summed E-state index contributed by atoms with van der Waals surface area (Å²) in [6.45, 7) is 5.00. The van der Waals surface area contributed by atoms with Crippen molar-refractivity contribution in [2.24, 2.45) is 5.92 Å². The van der Waals surface area contributed by atoms with Crippen molar-refractivity contribution in [2.75, 3.05) is 6.61 Å². The molecule has 1 heterocycles. The number of aldehydes is 1. The van der Waals surface area contributed by atoms with Gasteiger partial charge in [0.1, 0.15) is 6.29 Å². The minimum atomic E-state index is -0.0661. The molecule has 1 saturated heterocycles. The first-order valence-corrected chi connectivity index (χ1v) is 8.19. The summed E-state index contributed by atoms with van der Waals surface area (Å²) >= 11 is 0. The predicted octanol–water partition coefficient (Wildman–Crippen LogP) is 4.01. The zero-order chi connectivity index (χ0) is 14.2. The maximum atomic E-state index is 10.6. The van der Waals surface area contributed by atoms with Gasteiger partial charge in [0.25, 0.3) is 0 Å². The molecule has 0 spiro atoms. The smallest absolute Gasteiger partial charge is 0.158 e. The molecular formula is C17H28O3. The maximum absolute atomic E-state index is 10.6. The molecule has 2 atom stereocenters. The molecule has 3 nitrogen and oxygen atoms in total. The summed E-state index contributed by atoms with van der Waals surface area (Å²) in [7, 11) is 0. The molecule has 0 radical (unpaired) electrons. The third-order valence-corrected chi connectivity index (χ3v) is 4.50. The average Bonchev–Trinajstić information content (AvgIpc) is 2.52. The molecule has 3 heteroatoms. The van der Waals surface area contributed by atoms with Crippen LogP contribution in [-0.2, 0) is 14.3 Å². The standard InChI is InChI=1S/C17H28O3/c1-14(8-7-12-18)17(15-9-3-2-4-10-15)20-16-11-5-6-13-19-16/h12,15-17H,1-11,13H2. The van der Waals surface area contributed by atoms with Crippen LogP contribution in [0.5, 0.6) is 0 Å². The molecule has 2 rings (SSSR count). The summed E-state index contributed by atoms with van der Waals surface area (Å²) in [5.41, 5.74) is 1.08. The molecule has 1 aliphatic carbocycles. The van der Waals surface area contributed by atoms with Gasteiger partial charge in [-0.1, -0.05) is 25.8 Å². The van der Waals surface area contributed by atoms with E-state index in [9.17, 15) is 4.79 Å². The SMILES string of the molecule is C=C(CCC=O)C(OC1CCCCO1)C1CCCCC1. The van der Waals surface area contributed by atoms with Crippen LogP contribution < -0.4 is 0 Å². The number of carbonyl (C=O) groups is 1. The Labute approximate surface area is 122 Å². The summed E-state index contributed by atoms with van der Waals surface area (Å²) in [6, 6.07) is 0. The molecule has 2 unspecified atom stereocenters. The van der Waals surface area contributed by atoms with E-state index in [4.69, 9.17) is 9.47 Å². The van der Waals surface area contributed by atoms with Crippen molar-refractivity contribution in [3.63, 3.8) is 0 Å². The van der Waals surface area contributed by atoms with Crippen LogP contribution in [-0.4, -0.2) is 25.3 Å². The zero-order valence-electron chi connectivity index (χ0n) is 12.5. The Kier molecular flexibility index (Phi) is 6.74. The molecule has 0 amide bonds. The number of hydrogen-bond acceptors (Lipinski definition) is 3. The molecule has 0 aromatic heterocycles. The van der Waals surface area contributed by atoms with E-state index in [0.717, 1.165) is 37.7 Å². The third kappa shape index (κ3) is 4.71. The summed E-state index contributed by atoms with van der Waals surface area (Å²) in [5, 5.41) is 0. The second-order valence-electron chi connectivity index (χ2n) is 6.11. The Morgan fingerprint density at radius 2 is 1.95 bits per heavy atom. The summed E-state index contributed by atoms with van der Waals surface area (Å²) in [4.78, 5) is 10.6. The van der Waals surface area contributed by atoms with E-state index in [1.165, 1.54) is 38.5 Å². The van der Waals surface area contributed by atoms with Crippen molar-refractivity contribution in [1.82, 2.24) is 0 Å². The quantitative estimate of drug-likeness (QED) is 0.522. The number of ether oxygens (including phenoxy) is 2. The average molecular weight is 280 g/mol. The lowest BCUT2D eigenvalue weighted by atomic mass is 9.82. The van der Waals surface area contributed by atoms with Gasteiger partial charge in [0.05, 0.1) is 6.10 Å². The van der Waals surface area contributed by atoms with Crippen molar-refractivity contribution in [3.05, 3.63) is 12.2 Å². The molecule has 0 bridgehead atoms. The van der Waals surface area contributed by atoms with E-state index in [-0.39, 0.29) is 12.4 Å². The maximum Gasteiger partial charge on any atom is 0.158 e. The van der Waals surface area contributed by atoms with E-state index in [2.05, 4.69) is 6.58 Å². The van der Waals surface area contributed by atoms with E-state index in [1.54, 1.807) is 0 Å². The van der Waals surface area contributed by atoms with Gasteiger partial charge in [0, 0.05) is 13.0 Å². The van der Waals surface area contributed by atoms with Crippen LogP contribution in [0.1, 0.15) is 64.2 Å². The number of carbonyl (C=O) groups excluding carboxylic acids is 1. The fourth-order valence-electron chi connectivity index (χ4n) is 3.35. The van der Waals surface area contributed by atoms with Crippen LogP contribution in [0.2, 0.25) is 0 Å². The van der Waals surface area contributed by atoms with Crippen molar-refractivity contribution in [2.45, 2.75) is 76.6 Å². The second kappa shape index (κ2) is 8.58. The highest BCUT2D eigenvalue weighted by molar-refractivity contribution is 5.49. The molecule has 1 aliphatic heterocycles. The lowest BCUT2D eigenvalue weighted by Crippen LogP contribution is -2.34. The van der Waals surface area contributed by atoms with Crippen molar-refractivity contribution in [3.8, 4) is 0 Å². The summed E-state index contributed by atoms with van der Waals surface area (Å²) < 4.78 is 12.0. The lowest BCUT2D eigenvalue weighted by Gasteiger charge is -2.35. The van der Waals surface area contributed by atoms with Crippen LogP contribution in [0.15, 0.2) is 12.2 Å². The minimum Gasteiger partial charge on any atom is -0.353 e. The van der Waals surface area contributed by atoms with Gasteiger partial charge in [-0.3, -0.25) is 0 Å². The normalized spacial score (nSPS) is 26.1. The van der Waals surface area contributed by atoms with Crippen LogP contribution >= 0.6 is 0 Å². The van der Waals surface area contributed by atoms with Crippen molar-refractivity contribution in [1.29, 1.82) is 0 Å². The largest absolute Gasteiger partial charge is 0.353 e. The fourth-order valence-corrected chi connectivity index (χ4v) is 3.35. The minimum absolute atomic E-state index is 0.0661. The van der Waals surface area contributed by atoms with Crippen LogP contribution in [0.3, 0.4) is 0 Å². The van der Waals surface area contributed by atoms with E-state index >= 15 is 0 Å². The Balaban J connectivity index is 1.93. The van der Waals surface area contributed by atoms with E-state index < -0.39 is 0 Å².